The molecule has 6 heteroatoms. The van der Waals surface area contributed by atoms with E-state index in [1.165, 1.54) is 7.11 Å². The number of hydrogen-bond donors (Lipinski definition) is 2. The van der Waals surface area contributed by atoms with Gasteiger partial charge in [0.25, 0.3) is 0 Å². The fourth-order valence-electron chi connectivity index (χ4n) is 2.18. The van der Waals surface area contributed by atoms with Gasteiger partial charge >= 0.3 is 12.1 Å². The number of hydrogen-bond acceptors (Lipinski definition) is 4. The van der Waals surface area contributed by atoms with Crippen LogP contribution in [-0.4, -0.2) is 36.3 Å². The lowest BCUT2D eigenvalue weighted by atomic mass is 10.1. The molecule has 2 rings (SSSR count). The van der Waals surface area contributed by atoms with E-state index in [0.29, 0.717) is 18.5 Å². The number of alkyl carbamates (subject to hydrolysis) is 1. The molecule has 0 aliphatic carbocycles. The summed E-state index contributed by atoms with van der Waals surface area (Å²) in [6.07, 6.45) is 0.211. The van der Waals surface area contributed by atoms with Crippen LogP contribution in [-0.2, 0) is 15.9 Å². The highest BCUT2D eigenvalue weighted by Gasteiger charge is 2.15. The summed E-state index contributed by atoms with van der Waals surface area (Å²) in [4.78, 5) is 26.3. The molecule has 0 fully saturated rings. The Bertz CT molecular complexity index is 713. The van der Waals surface area contributed by atoms with Crippen molar-refractivity contribution in [2.24, 2.45) is 0 Å². The molecule has 0 aliphatic rings. The number of ether oxygens (including phenoxy) is 2. The minimum absolute atomic E-state index is 0.366. The zero-order valence-corrected chi connectivity index (χ0v) is 13.9. The molecule has 2 N–H and O–H groups in total. The van der Waals surface area contributed by atoms with E-state index in [-0.39, 0.29) is 5.97 Å². The highest BCUT2D eigenvalue weighted by Crippen LogP contribution is 2.18. The molecule has 0 radical (unpaired) electrons. The number of aromatic nitrogens is 1. The molecule has 1 aromatic heterocycles. The zero-order chi connectivity index (χ0) is 17.0. The molecule has 0 unspecified atom stereocenters. The molecule has 1 aromatic carbocycles. The first-order valence-electron chi connectivity index (χ1n) is 7.45. The summed E-state index contributed by atoms with van der Waals surface area (Å²) in [6.45, 7) is 5.93. The quantitative estimate of drug-likeness (QED) is 0.849. The highest BCUT2D eigenvalue weighted by atomic mass is 16.6. The minimum atomic E-state index is -0.504. The molecule has 0 spiro atoms. The van der Waals surface area contributed by atoms with Crippen molar-refractivity contribution in [2.45, 2.75) is 32.8 Å². The Kier molecular flexibility index (Phi) is 4.93. The molecule has 0 saturated heterocycles. The van der Waals surface area contributed by atoms with Crippen LogP contribution in [0, 0.1) is 0 Å². The van der Waals surface area contributed by atoms with Gasteiger partial charge in [-0.1, -0.05) is 6.07 Å². The number of rotatable bonds is 4. The third-order valence-corrected chi connectivity index (χ3v) is 3.16. The van der Waals surface area contributed by atoms with Gasteiger partial charge in [-0.05, 0) is 44.4 Å². The summed E-state index contributed by atoms with van der Waals surface area (Å²) < 4.78 is 9.89. The Labute approximate surface area is 135 Å². The standard InChI is InChI=1S/C17H22N2O4/c1-17(2,3)23-16(21)18-8-7-13-9-11-5-6-12(15(20)22-4)10-14(11)19-13/h5-6,9-10,19H,7-8H2,1-4H3,(H,18,21). The van der Waals surface area contributed by atoms with Crippen molar-refractivity contribution >= 4 is 23.0 Å². The number of esters is 1. The molecule has 1 amide bonds. The number of amides is 1. The van der Waals surface area contributed by atoms with Crippen molar-refractivity contribution in [1.29, 1.82) is 0 Å². The Morgan fingerprint density at radius 3 is 2.61 bits per heavy atom. The molecular formula is C17H22N2O4. The lowest BCUT2D eigenvalue weighted by molar-refractivity contribution is 0.0527. The average Bonchev–Trinajstić information content (AvgIpc) is 2.86. The summed E-state index contributed by atoms with van der Waals surface area (Å²) in [5, 5.41) is 3.72. The van der Waals surface area contributed by atoms with E-state index in [1.54, 1.807) is 12.1 Å². The van der Waals surface area contributed by atoms with Crippen molar-refractivity contribution in [2.75, 3.05) is 13.7 Å². The predicted molar refractivity (Wildman–Crippen MR) is 87.6 cm³/mol. The van der Waals surface area contributed by atoms with Gasteiger partial charge < -0.3 is 19.8 Å². The van der Waals surface area contributed by atoms with Crippen LogP contribution in [0.3, 0.4) is 0 Å². The molecule has 1 heterocycles. The number of aromatic amines is 1. The topological polar surface area (TPSA) is 80.4 Å². The van der Waals surface area contributed by atoms with Crippen LogP contribution in [0.5, 0.6) is 0 Å². The smallest absolute Gasteiger partial charge is 0.407 e. The predicted octanol–water partition coefficient (Wildman–Crippen LogP) is 3.02. The number of fused-ring (bicyclic) bond motifs is 1. The Morgan fingerprint density at radius 1 is 1.22 bits per heavy atom. The van der Waals surface area contributed by atoms with Crippen LogP contribution in [0.15, 0.2) is 24.3 Å². The van der Waals surface area contributed by atoms with Crippen LogP contribution in [0.1, 0.15) is 36.8 Å². The van der Waals surface area contributed by atoms with E-state index in [1.807, 2.05) is 32.9 Å². The zero-order valence-electron chi connectivity index (χ0n) is 13.9. The van der Waals surface area contributed by atoms with E-state index in [4.69, 9.17) is 9.47 Å². The number of benzene rings is 1. The van der Waals surface area contributed by atoms with Crippen molar-refractivity contribution in [3.8, 4) is 0 Å². The lowest BCUT2D eigenvalue weighted by Gasteiger charge is -2.19. The minimum Gasteiger partial charge on any atom is -0.465 e. The van der Waals surface area contributed by atoms with Gasteiger partial charge in [0, 0.05) is 24.2 Å². The van der Waals surface area contributed by atoms with Crippen LogP contribution in [0.25, 0.3) is 10.9 Å². The summed E-state index contributed by atoms with van der Waals surface area (Å²) in [5.74, 6) is -0.366. The first kappa shape index (κ1) is 16.9. The molecular weight excluding hydrogens is 296 g/mol. The van der Waals surface area contributed by atoms with Crippen LogP contribution < -0.4 is 5.32 Å². The van der Waals surface area contributed by atoms with Crippen LogP contribution >= 0.6 is 0 Å². The van der Waals surface area contributed by atoms with Crippen molar-refractivity contribution < 1.29 is 19.1 Å². The molecule has 2 aromatic rings. The summed E-state index contributed by atoms with van der Waals surface area (Å²) >= 11 is 0. The average molecular weight is 318 g/mol. The maximum atomic E-state index is 11.6. The monoisotopic (exact) mass is 318 g/mol. The summed E-state index contributed by atoms with van der Waals surface area (Å²) in [7, 11) is 1.36. The Hall–Kier alpha value is -2.50. The van der Waals surface area contributed by atoms with Gasteiger partial charge in [0.2, 0.25) is 0 Å². The highest BCUT2D eigenvalue weighted by molar-refractivity contribution is 5.94. The Morgan fingerprint density at radius 2 is 1.96 bits per heavy atom. The van der Waals surface area contributed by atoms with Crippen molar-refractivity contribution in [3.05, 3.63) is 35.5 Å². The number of nitrogens with one attached hydrogen (secondary N) is 2. The van der Waals surface area contributed by atoms with Gasteiger partial charge in [-0.25, -0.2) is 9.59 Å². The second-order valence-corrected chi connectivity index (χ2v) is 6.27. The van der Waals surface area contributed by atoms with Crippen LogP contribution in [0.2, 0.25) is 0 Å². The molecule has 124 valence electrons. The van der Waals surface area contributed by atoms with Gasteiger partial charge in [0.1, 0.15) is 5.60 Å². The van der Waals surface area contributed by atoms with Gasteiger partial charge in [0.05, 0.1) is 12.7 Å². The first-order valence-corrected chi connectivity index (χ1v) is 7.45. The van der Waals surface area contributed by atoms with E-state index in [0.717, 1.165) is 16.6 Å². The van der Waals surface area contributed by atoms with Crippen LogP contribution in [0.4, 0.5) is 4.79 Å². The lowest BCUT2D eigenvalue weighted by Crippen LogP contribution is -2.33. The normalized spacial score (nSPS) is 11.3. The fraction of sp³-hybridized carbons (Fsp3) is 0.412. The van der Waals surface area contributed by atoms with Crippen molar-refractivity contribution in [1.82, 2.24) is 10.3 Å². The van der Waals surface area contributed by atoms with Crippen molar-refractivity contribution in [3.63, 3.8) is 0 Å². The molecule has 0 aliphatic heterocycles. The summed E-state index contributed by atoms with van der Waals surface area (Å²) in [6, 6.07) is 7.34. The second-order valence-electron chi connectivity index (χ2n) is 6.27. The van der Waals surface area contributed by atoms with Gasteiger partial charge in [-0.3, -0.25) is 0 Å². The maximum Gasteiger partial charge on any atom is 0.407 e. The molecule has 6 nitrogen and oxygen atoms in total. The third-order valence-electron chi connectivity index (χ3n) is 3.16. The first-order chi connectivity index (χ1) is 10.8. The number of methoxy groups -OCH3 is 1. The SMILES string of the molecule is COC(=O)c1ccc2cc(CCNC(=O)OC(C)(C)C)[nH]c2c1. The van der Waals surface area contributed by atoms with Gasteiger partial charge in [-0.15, -0.1) is 0 Å². The van der Waals surface area contributed by atoms with Gasteiger partial charge in [0.15, 0.2) is 0 Å². The molecule has 0 bridgehead atoms. The number of carbonyl (C=O) groups is 2. The summed E-state index contributed by atoms with van der Waals surface area (Å²) in [5.41, 5.74) is 1.83. The molecule has 0 atom stereocenters. The van der Waals surface area contributed by atoms with E-state index in [9.17, 15) is 9.59 Å². The largest absolute Gasteiger partial charge is 0.465 e. The maximum absolute atomic E-state index is 11.6. The third kappa shape index (κ3) is 4.74. The molecule has 23 heavy (non-hydrogen) atoms. The van der Waals surface area contributed by atoms with Gasteiger partial charge in [-0.2, -0.15) is 0 Å². The second kappa shape index (κ2) is 6.73. The number of H-pyrrole nitrogens is 1. The van der Waals surface area contributed by atoms with E-state index >= 15 is 0 Å². The Balaban J connectivity index is 1.96. The van der Waals surface area contributed by atoms with E-state index < -0.39 is 11.7 Å². The fourth-order valence-corrected chi connectivity index (χ4v) is 2.18. The molecule has 0 saturated carbocycles. The number of carbonyl (C=O) groups excluding carboxylic acids is 2. The van der Waals surface area contributed by atoms with E-state index in [2.05, 4.69) is 10.3 Å².